The van der Waals surface area contributed by atoms with E-state index >= 15 is 0 Å². The normalized spacial score (nSPS) is 17.1. The van der Waals surface area contributed by atoms with Crippen LogP contribution in [-0.4, -0.2) is 42.4 Å². The molecule has 3 heteroatoms. The standard InChI is InChI=1S/C17H26N2O/c1-4-6-14-7-5-8-15(13-14)16(20)17(2,3)19-11-9-18-10-12-19/h5,7-8,13,18H,4,6,9-12H2,1-3H3. The maximum atomic E-state index is 12.9. The molecule has 2 rings (SSSR count). The second-order valence-electron chi connectivity index (χ2n) is 6.08. The van der Waals surface area contributed by atoms with Crippen molar-refractivity contribution in [2.24, 2.45) is 0 Å². The lowest BCUT2D eigenvalue weighted by molar-refractivity contribution is 0.0602. The van der Waals surface area contributed by atoms with E-state index in [9.17, 15) is 4.79 Å². The number of piperazine rings is 1. The van der Waals surface area contributed by atoms with E-state index in [1.54, 1.807) is 0 Å². The Hall–Kier alpha value is -1.19. The number of hydrogen-bond acceptors (Lipinski definition) is 3. The first-order valence-corrected chi connectivity index (χ1v) is 7.65. The maximum absolute atomic E-state index is 12.9. The zero-order chi connectivity index (χ0) is 14.6. The summed E-state index contributed by atoms with van der Waals surface area (Å²) in [5.74, 6) is 0.234. The van der Waals surface area contributed by atoms with Crippen molar-refractivity contribution in [1.82, 2.24) is 10.2 Å². The van der Waals surface area contributed by atoms with Gasteiger partial charge < -0.3 is 5.32 Å². The van der Waals surface area contributed by atoms with Gasteiger partial charge >= 0.3 is 0 Å². The zero-order valence-electron chi connectivity index (χ0n) is 12.9. The van der Waals surface area contributed by atoms with Gasteiger partial charge in [-0.15, -0.1) is 0 Å². The Morgan fingerprint density at radius 3 is 2.65 bits per heavy atom. The fourth-order valence-corrected chi connectivity index (χ4v) is 2.88. The molecule has 0 bridgehead atoms. The van der Waals surface area contributed by atoms with Crippen LogP contribution in [0.15, 0.2) is 24.3 Å². The molecule has 0 saturated carbocycles. The van der Waals surface area contributed by atoms with Crippen LogP contribution >= 0.6 is 0 Å². The van der Waals surface area contributed by atoms with Crippen LogP contribution in [0.3, 0.4) is 0 Å². The van der Waals surface area contributed by atoms with Crippen LogP contribution in [0, 0.1) is 0 Å². The summed E-state index contributed by atoms with van der Waals surface area (Å²) in [6.45, 7) is 10.1. The summed E-state index contributed by atoms with van der Waals surface area (Å²) >= 11 is 0. The van der Waals surface area contributed by atoms with Gasteiger partial charge in [-0.3, -0.25) is 9.69 Å². The topological polar surface area (TPSA) is 32.3 Å². The first-order chi connectivity index (χ1) is 9.55. The number of hydrogen-bond donors (Lipinski definition) is 1. The molecular weight excluding hydrogens is 248 g/mol. The number of aryl methyl sites for hydroxylation is 1. The summed E-state index contributed by atoms with van der Waals surface area (Å²) in [6.07, 6.45) is 2.15. The molecule has 1 aliphatic rings. The molecule has 0 amide bonds. The van der Waals surface area contributed by atoms with Gasteiger partial charge in [0.15, 0.2) is 5.78 Å². The third-order valence-electron chi connectivity index (χ3n) is 4.19. The molecule has 1 aliphatic heterocycles. The van der Waals surface area contributed by atoms with Gasteiger partial charge in [0, 0.05) is 31.7 Å². The third kappa shape index (κ3) is 3.28. The number of nitrogens with zero attached hydrogens (tertiary/aromatic N) is 1. The van der Waals surface area contributed by atoms with E-state index in [1.165, 1.54) is 5.56 Å². The molecule has 1 N–H and O–H groups in total. The number of rotatable bonds is 5. The number of Topliss-reactive ketones (excluding diaryl/α,β-unsaturated/α-hetero) is 1. The SMILES string of the molecule is CCCc1cccc(C(=O)C(C)(C)N2CCNCC2)c1. The molecule has 1 aromatic carbocycles. The highest BCUT2D eigenvalue weighted by atomic mass is 16.1. The summed E-state index contributed by atoms with van der Waals surface area (Å²) in [5, 5.41) is 3.34. The molecule has 3 nitrogen and oxygen atoms in total. The highest BCUT2D eigenvalue weighted by Crippen LogP contribution is 2.22. The maximum Gasteiger partial charge on any atom is 0.182 e. The Morgan fingerprint density at radius 2 is 2.00 bits per heavy atom. The lowest BCUT2D eigenvalue weighted by Crippen LogP contribution is -2.57. The van der Waals surface area contributed by atoms with Crippen molar-refractivity contribution in [3.8, 4) is 0 Å². The van der Waals surface area contributed by atoms with Crippen molar-refractivity contribution < 1.29 is 4.79 Å². The molecule has 1 saturated heterocycles. The number of benzene rings is 1. The molecule has 1 fully saturated rings. The summed E-state index contributed by atoms with van der Waals surface area (Å²) in [5.41, 5.74) is 1.68. The smallest absolute Gasteiger partial charge is 0.182 e. The predicted octanol–water partition coefficient (Wildman–Crippen LogP) is 2.51. The van der Waals surface area contributed by atoms with Gasteiger partial charge in [0.2, 0.25) is 0 Å². The Morgan fingerprint density at radius 1 is 1.30 bits per heavy atom. The Kier molecular flexibility index (Phi) is 4.95. The molecule has 20 heavy (non-hydrogen) atoms. The van der Waals surface area contributed by atoms with E-state index in [4.69, 9.17) is 0 Å². The van der Waals surface area contributed by atoms with Crippen molar-refractivity contribution in [2.45, 2.75) is 39.2 Å². The van der Waals surface area contributed by atoms with E-state index in [0.29, 0.717) is 0 Å². The van der Waals surface area contributed by atoms with Gasteiger partial charge in [-0.25, -0.2) is 0 Å². The average molecular weight is 274 g/mol. The van der Waals surface area contributed by atoms with Crippen molar-refractivity contribution in [1.29, 1.82) is 0 Å². The van der Waals surface area contributed by atoms with Crippen LogP contribution in [0.5, 0.6) is 0 Å². The molecule has 0 unspecified atom stereocenters. The number of ketones is 1. The van der Waals surface area contributed by atoms with Crippen molar-refractivity contribution in [3.63, 3.8) is 0 Å². The van der Waals surface area contributed by atoms with Gasteiger partial charge in [0.25, 0.3) is 0 Å². The largest absolute Gasteiger partial charge is 0.314 e. The van der Waals surface area contributed by atoms with Crippen molar-refractivity contribution in [3.05, 3.63) is 35.4 Å². The van der Waals surface area contributed by atoms with Gasteiger partial charge in [0.05, 0.1) is 5.54 Å². The van der Waals surface area contributed by atoms with E-state index in [0.717, 1.165) is 44.6 Å². The second kappa shape index (κ2) is 6.51. The second-order valence-corrected chi connectivity index (χ2v) is 6.08. The molecule has 0 aliphatic carbocycles. The van der Waals surface area contributed by atoms with Crippen LogP contribution in [-0.2, 0) is 6.42 Å². The minimum absolute atomic E-state index is 0.234. The fourth-order valence-electron chi connectivity index (χ4n) is 2.88. The summed E-state index contributed by atoms with van der Waals surface area (Å²) in [4.78, 5) is 15.2. The molecule has 0 atom stereocenters. The van der Waals surface area contributed by atoms with E-state index in [-0.39, 0.29) is 5.78 Å². The predicted molar refractivity (Wildman–Crippen MR) is 83.3 cm³/mol. The highest BCUT2D eigenvalue weighted by molar-refractivity contribution is 6.02. The van der Waals surface area contributed by atoms with Crippen LogP contribution < -0.4 is 5.32 Å². The van der Waals surface area contributed by atoms with E-state index in [1.807, 2.05) is 26.0 Å². The van der Waals surface area contributed by atoms with Gasteiger partial charge in [-0.1, -0.05) is 31.5 Å². The van der Waals surface area contributed by atoms with Crippen LogP contribution in [0.1, 0.15) is 43.1 Å². The Labute approximate surface area is 122 Å². The molecule has 1 heterocycles. The Balaban J connectivity index is 2.18. The van der Waals surface area contributed by atoms with Crippen LogP contribution in [0.2, 0.25) is 0 Å². The van der Waals surface area contributed by atoms with E-state index < -0.39 is 5.54 Å². The average Bonchev–Trinajstić information content (AvgIpc) is 2.48. The molecule has 0 aromatic heterocycles. The quantitative estimate of drug-likeness (QED) is 0.837. The van der Waals surface area contributed by atoms with Gasteiger partial charge in [0.1, 0.15) is 0 Å². The number of carbonyl (C=O) groups is 1. The number of carbonyl (C=O) groups excluding carboxylic acids is 1. The molecule has 0 radical (unpaired) electrons. The molecule has 0 spiro atoms. The summed E-state index contributed by atoms with van der Waals surface area (Å²) in [7, 11) is 0. The van der Waals surface area contributed by atoms with E-state index in [2.05, 4.69) is 29.3 Å². The number of nitrogens with one attached hydrogen (secondary N) is 1. The summed E-state index contributed by atoms with van der Waals surface area (Å²) in [6, 6.07) is 8.13. The molecular formula is C17H26N2O. The fraction of sp³-hybridized carbons (Fsp3) is 0.588. The molecule has 1 aromatic rings. The first-order valence-electron chi connectivity index (χ1n) is 7.65. The van der Waals surface area contributed by atoms with Gasteiger partial charge in [-0.05, 0) is 31.9 Å². The monoisotopic (exact) mass is 274 g/mol. The van der Waals surface area contributed by atoms with Crippen molar-refractivity contribution >= 4 is 5.78 Å². The lowest BCUT2D eigenvalue weighted by Gasteiger charge is -2.40. The van der Waals surface area contributed by atoms with Crippen LogP contribution in [0.4, 0.5) is 0 Å². The third-order valence-corrected chi connectivity index (χ3v) is 4.19. The first kappa shape index (κ1) is 15.2. The Bertz CT molecular complexity index is 462. The minimum Gasteiger partial charge on any atom is -0.314 e. The van der Waals surface area contributed by atoms with Crippen LogP contribution in [0.25, 0.3) is 0 Å². The van der Waals surface area contributed by atoms with Crippen molar-refractivity contribution in [2.75, 3.05) is 26.2 Å². The lowest BCUT2D eigenvalue weighted by atomic mass is 9.89. The summed E-state index contributed by atoms with van der Waals surface area (Å²) < 4.78 is 0. The highest BCUT2D eigenvalue weighted by Gasteiger charge is 2.35. The zero-order valence-corrected chi connectivity index (χ0v) is 12.9. The molecule has 110 valence electrons. The minimum atomic E-state index is -0.424. The van der Waals surface area contributed by atoms with Gasteiger partial charge in [-0.2, -0.15) is 0 Å².